The maximum atomic E-state index is 13.3. The van der Waals surface area contributed by atoms with Crippen LogP contribution >= 0.6 is 11.3 Å². The average Bonchev–Trinajstić information content (AvgIpc) is 3.37. The van der Waals surface area contributed by atoms with Crippen LogP contribution in [0.1, 0.15) is 43.7 Å². The molecule has 0 spiro atoms. The maximum Gasteiger partial charge on any atom is 0.275 e. The van der Waals surface area contributed by atoms with Gasteiger partial charge in [0, 0.05) is 47.7 Å². The summed E-state index contributed by atoms with van der Waals surface area (Å²) in [5, 5.41) is 11.9. The van der Waals surface area contributed by atoms with Gasteiger partial charge in [0.25, 0.3) is 5.56 Å². The van der Waals surface area contributed by atoms with Crippen molar-refractivity contribution in [2.75, 3.05) is 18.4 Å². The van der Waals surface area contributed by atoms with Gasteiger partial charge < -0.3 is 16.0 Å². The summed E-state index contributed by atoms with van der Waals surface area (Å²) in [5.41, 5.74) is 10.8. The molecule has 3 heterocycles. The predicted octanol–water partition coefficient (Wildman–Crippen LogP) is 4.70. The summed E-state index contributed by atoms with van der Waals surface area (Å²) < 4.78 is 1.45. The molecule has 1 aliphatic rings. The quantitative estimate of drug-likeness (QED) is 0.343. The van der Waals surface area contributed by atoms with Gasteiger partial charge in [0.15, 0.2) is 0 Å². The summed E-state index contributed by atoms with van der Waals surface area (Å²) in [5.74, 6) is 0.0606. The van der Waals surface area contributed by atoms with E-state index in [4.69, 9.17) is 5.73 Å². The Morgan fingerprint density at radius 3 is 2.66 bits per heavy atom. The van der Waals surface area contributed by atoms with E-state index < -0.39 is 0 Å². The van der Waals surface area contributed by atoms with Crippen molar-refractivity contribution in [3.8, 4) is 11.1 Å². The minimum Gasteiger partial charge on any atom is -0.369 e. The van der Waals surface area contributed by atoms with Gasteiger partial charge in [-0.05, 0) is 53.8 Å². The van der Waals surface area contributed by atoms with Gasteiger partial charge in [-0.15, -0.1) is 11.3 Å². The number of carbonyl (C=O) groups is 1. The van der Waals surface area contributed by atoms with Crippen LogP contribution in [0, 0.1) is 0 Å². The van der Waals surface area contributed by atoms with Gasteiger partial charge in [-0.1, -0.05) is 32.0 Å². The highest BCUT2D eigenvalue weighted by Crippen LogP contribution is 2.32. The van der Waals surface area contributed by atoms with Gasteiger partial charge in [0.1, 0.15) is 5.01 Å². The lowest BCUT2D eigenvalue weighted by molar-refractivity contribution is -0.127. The molecular weight excluding hydrogens is 496 g/mol. The topological polar surface area (TPSA) is 106 Å². The summed E-state index contributed by atoms with van der Waals surface area (Å²) in [6.07, 6.45) is 7.35. The van der Waals surface area contributed by atoms with Crippen LogP contribution in [0.2, 0.25) is 0 Å². The number of thiazole rings is 1. The van der Waals surface area contributed by atoms with Gasteiger partial charge in [-0.2, -0.15) is 5.10 Å². The van der Waals surface area contributed by atoms with E-state index in [-0.39, 0.29) is 17.6 Å². The highest BCUT2D eigenvalue weighted by Gasteiger charge is 2.23. The van der Waals surface area contributed by atoms with Crippen LogP contribution in [0.3, 0.4) is 0 Å². The Labute approximate surface area is 225 Å². The van der Waals surface area contributed by atoms with Crippen LogP contribution in [-0.2, 0) is 11.3 Å². The molecule has 9 heteroatoms. The van der Waals surface area contributed by atoms with Crippen molar-refractivity contribution in [2.24, 2.45) is 5.73 Å². The number of rotatable bonds is 8. The van der Waals surface area contributed by atoms with Crippen molar-refractivity contribution in [2.45, 2.75) is 45.8 Å². The lowest BCUT2D eigenvalue weighted by Gasteiger charge is -2.23. The van der Waals surface area contributed by atoms with Crippen LogP contribution in [0.4, 0.5) is 5.69 Å². The van der Waals surface area contributed by atoms with E-state index in [0.717, 1.165) is 64.3 Å². The fourth-order valence-electron chi connectivity index (χ4n) is 4.87. The molecule has 38 heavy (non-hydrogen) atoms. The third-order valence-electron chi connectivity index (χ3n) is 6.67. The lowest BCUT2D eigenvalue weighted by Crippen LogP contribution is -2.36. The number of nitrogens with one attached hydrogen (secondary N) is 1. The first-order valence-corrected chi connectivity index (χ1v) is 13.9. The van der Waals surface area contributed by atoms with Crippen molar-refractivity contribution in [1.29, 1.82) is 0 Å². The molecule has 4 aromatic rings. The molecule has 8 nitrogen and oxygen atoms in total. The molecular formula is C29H32N6O2S. The molecule has 0 radical (unpaired) electrons. The second-order valence-electron chi connectivity index (χ2n) is 9.55. The summed E-state index contributed by atoms with van der Waals surface area (Å²) >= 11 is 1.50. The van der Waals surface area contributed by atoms with E-state index in [1.54, 1.807) is 12.4 Å². The van der Waals surface area contributed by atoms with E-state index in [9.17, 15) is 9.59 Å². The Bertz CT molecular complexity index is 1540. The monoisotopic (exact) mass is 528 g/mol. The molecule has 2 aromatic carbocycles. The molecule has 196 valence electrons. The van der Waals surface area contributed by atoms with Crippen LogP contribution < -0.4 is 16.6 Å². The third-order valence-corrected chi connectivity index (χ3v) is 7.43. The van der Waals surface area contributed by atoms with Gasteiger partial charge in [-0.25, -0.2) is 9.67 Å². The van der Waals surface area contributed by atoms with Gasteiger partial charge in [-0.3, -0.25) is 9.59 Å². The third kappa shape index (κ3) is 5.39. The highest BCUT2D eigenvalue weighted by molar-refractivity contribution is 7.09. The minimum atomic E-state index is -0.371. The van der Waals surface area contributed by atoms with E-state index in [1.807, 2.05) is 52.8 Å². The molecule has 0 fully saturated rings. The second-order valence-corrected chi connectivity index (χ2v) is 10.5. The zero-order valence-electron chi connectivity index (χ0n) is 21.7. The van der Waals surface area contributed by atoms with Gasteiger partial charge in [0.05, 0.1) is 24.3 Å². The largest absolute Gasteiger partial charge is 0.369 e. The highest BCUT2D eigenvalue weighted by atomic mass is 32.1. The number of nitrogens with zero attached hydrogens (tertiary/aromatic N) is 4. The fourth-order valence-corrected chi connectivity index (χ4v) is 5.46. The summed E-state index contributed by atoms with van der Waals surface area (Å²) in [7, 11) is 0. The molecule has 0 aliphatic carbocycles. The lowest BCUT2D eigenvalue weighted by atomic mass is 9.99. The second kappa shape index (κ2) is 11.3. The minimum absolute atomic E-state index is 0.0606. The normalized spacial score (nSPS) is 14.9. The standard InChI is InChI=1S/C29H32N6O2S/c1-3-10-34(11-4-2)28(36)22-14-21-6-5-20(15-25(21)33-26(30)16-22)19-7-8-24-23(13-19)17-32-35(29(24)37)18-27-31-9-12-38-27/h5-9,12-15,17,26,33H,3-4,10-11,16,18,30H2,1-2H3. The Hall–Kier alpha value is -3.82. The van der Waals surface area contributed by atoms with E-state index in [2.05, 4.69) is 29.2 Å². The fraction of sp³-hybridized carbons (Fsp3) is 0.310. The number of carbonyl (C=O) groups excluding carboxylic acids is 1. The zero-order chi connectivity index (χ0) is 26.6. The number of hydrogen-bond donors (Lipinski definition) is 2. The summed E-state index contributed by atoms with van der Waals surface area (Å²) in [4.78, 5) is 32.5. The molecule has 1 amide bonds. The molecule has 2 aromatic heterocycles. The Kier molecular flexibility index (Phi) is 7.67. The van der Waals surface area contributed by atoms with Crippen LogP contribution in [0.15, 0.2) is 64.5 Å². The smallest absolute Gasteiger partial charge is 0.275 e. The number of anilines is 1. The average molecular weight is 529 g/mol. The molecule has 3 N–H and O–H groups in total. The van der Waals surface area contributed by atoms with Crippen molar-refractivity contribution in [3.63, 3.8) is 0 Å². The maximum absolute atomic E-state index is 13.3. The zero-order valence-corrected chi connectivity index (χ0v) is 22.5. The number of aromatic nitrogens is 3. The molecule has 5 rings (SSSR count). The van der Waals surface area contributed by atoms with Gasteiger partial charge >= 0.3 is 0 Å². The molecule has 1 unspecified atom stereocenters. The van der Waals surface area contributed by atoms with Crippen LogP contribution in [0.5, 0.6) is 0 Å². The van der Waals surface area contributed by atoms with Gasteiger partial charge in [0.2, 0.25) is 5.91 Å². The molecule has 1 aliphatic heterocycles. The summed E-state index contributed by atoms with van der Waals surface area (Å²) in [6.45, 7) is 6.01. The number of benzene rings is 2. The van der Waals surface area contributed by atoms with Crippen molar-refractivity contribution >= 4 is 39.8 Å². The van der Waals surface area contributed by atoms with Crippen molar-refractivity contribution in [3.05, 3.63) is 80.7 Å². The predicted molar refractivity (Wildman–Crippen MR) is 154 cm³/mol. The molecule has 0 bridgehead atoms. The van der Waals surface area contributed by atoms with E-state index >= 15 is 0 Å². The Balaban J connectivity index is 1.45. The Morgan fingerprint density at radius 2 is 1.92 bits per heavy atom. The first kappa shape index (κ1) is 25.8. The SMILES string of the molecule is CCCN(CCC)C(=O)C1=Cc2ccc(-c3ccc4c(=O)n(Cc5nccs5)ncc4c3)cc2NC(N)C1. The Morgan fingerprint density at radius 1 is 1.16 bits per heavy atom. The number of hydrogen-bond acceptors (Lipinski definition) is 7. The first-order valence-electron chi connectivity index (χ1n) is 13.0. The molecule has 1 atom stereocenters. The van der Waals surface area contributed by atoms with E-state index in [1.165, 1.54) is 16.0 Å². The van der Waals surface area contributed by atoms with E-state index in [0.29, 0.717) is 18.4 Å². The van der Waals surface area contributed by atoms with Crippen molar-refractivity contribution < 1.29 is 4.79 Å². The molecule has 0 saturated carbocycles. The van der Waals surface area contributed by atoms with Crippen molar-refractivity contribution in [1.82, 2.24) is 19.7 Å². The van der Waals surface area contributed by atoms with Crippen LogP contribution in [-0.4, -0.2) is 44.8 Å². The number of amides is 1. The number of nitrogens with two attached hydrogens (primary N) is 1. The molecule has 0 saturated heterocycles. The number of fused-ring (bicyclic) bond motifs is 2. The summed E-state index contributed by atoms with van der Waals surface area (Å²) in [6, 6.07) is 11.9. The van der Waals surface area contributed by atoms with Crippen LogP contribution in [0.25, 0.3) is 28.0 Å². The first-order chi connectivity index (χ1) is 18.5.